The summed E-state index contributed by atoms with van der Waals surface area (Å²) < 4.78 is 6.50. The summed E-state index contributed by atoms with van der Waals surface area (Å²) in [6.07, 6.45) is 1.67. The molecule has 0 amide bonds. The summed E-state index contributed by atoms with van der Waals surface area (Å²) in [6.45, 7) is 5.18. The van der Waals surface area contributed by atoms with Crippen molar-refractivity contribution in [2.24, 2.45) is 0 Å². The topological polar surface area (TPSA) is 106 Å². The molecular formula is C15H17N7O3. The Morgan fingerprint density at radius 1 is 1.24 bits per heavy atom. The van der Waals surface area contributed by atoms with E-state index in [-0.39, 0.29) is 10.7 Å². The van der Waals surface area contributed by atoms with Gasteiger partial charge in [-0.1, -0.05) is 11.2 Å². The maximum absolute atomic E-state index is 11.5. The first kappa shape index (κ1) is 15.5. The highest BCUT2D eigenvalue weighted by Crippen LogP contribution is 2.29. The zero-order valence-corrected chi connectivity index (χ0v) is 13.7. The number of hydrogen-bond acceptors (Lipinski definition) is 8. The fourth-order valence-corrected chi connectivity index (χ4v) is 3.08. The van der Waals surface area contributed by atoms with Gasteiger partial charge in [0, 0.05) is 39.2 Å². The van der Waals surface area contributed by atoms with E-state index in [1.807, 2.05) is 11.0 Å². The second kappa shape index (κ2) is 6.13. The van der Waals surface area contributed by atoms with E-state index in [0.29, 0.717) is 42.8 Å². The number of piperazine rings is 1. The highest BCUT2D eigenvalue weighted by Gasteiger charge is 2.29. The van der Waals surface area contributed by atoms with Gasteiger partial charge in [-0.2, -0.15) is 14.4 Å². The third kappa shape index (κ3) is 2.91. The largest absolute Gasteiger partial charge is 0.372 e. The number of aryl methyl sites for hydroxylation is 1. The zero-order chi connectivity index (χ0) is 17.4. The summed E-state index contributed by atoms with van der Waals surface area (Å²) in [5.41, 5.74) is 0.578. The average molecular weight is 343 g/mol. The van der Waals surface area contributed by atoms with E-state index in [4.69, 9.17) is 4.52 Å². The van der Waals surface area contributed by atoms with Gasteiger partial charge in [-0.25, -0.2) is 0 Å². The fraction of sp³-hybridized carbons (Fsp3) is 0.400. The first-order valence-corrected chi connectivity index (χ1v) is 8.00. The van der Waals surface area contributed by atoms with Gasteiger partial charge in [-0.3, -0.25) is 4.90 Å². The van der Waals surface area contributed by atoms with E-state index >= 15 is 0 Å². The standard InChI is InChI=1S/C15H17N7O3/c1-11-16-12(18-25-11)10-19-6-8-20(9-7-19)14-15(22(23)24)21-5-3-2-4-13(21)17-14/h2-5H,6-10H2,1H3. The van der Waals surface area contributed by atoms with Crippen molar-refractivity contribution in [1.82, 2.24) is 24.4 Å². The molecule has 0 atom stereocenters. The molecule has 0 N–H and O–H groups in total. The predicted molar refractivity (Wildman–Crippen MR) is 88.4 cm³/mol. The van der Waals surface area contributed by atoms with Crippen LogP contribution in [0.25, 0.3) is 5.65 Å². The van der Waals surface area contributed by atoms with E-state index < -0.39 is 0 Å². The lowest BCUT2D eigenvalue weighted by atomic mass is 10.3. The number of aromatic nitrogens is 4. The minimum absolute atomic E-state index is 0.0119. The van der Waals surface area contributed by atoms with E-state index in [1.165, 1.54) is 4.40 Å². The summed E-state index contributed by atoms with van der Waals surface area (Å²) in [4.78, 5) is 24.0. The Labute approximate surface area is 142 Å². The number of imidazole rings is 1. The summed E-state index contributed by atoms with van der Waals surface area (Å²) in [7, 11) is 0. The Balaban J connectivity index is 1.51. The van der Waals surface area contributed by atoms with Crippen molar-refractivity contribution in [3.63, 3.8) is 0 Å². The number of anilines is 1. The summed E-state index contributed by atoms with van der Waals surface area (Å²) in [6, 6.07) is 5.35. The van der Waals surface area contributed by atoms with Crippen LogP contribution in [0.4, 0.5) is 11.6 Å². The molecule has 10 nitrogen and oxygen atoms in total. The Hall–Kier alpha value is -3.01. The molecule has 4 heterocycles. The lowest BCUT2D eigenvalue weighted by molar-refractivity contribution is -0.389. The zero-order valence-electron chi connectivity index (χ0n) is 13.7. The fourth-order valence-electron chi connectivity index (χ4n) is 3.08. The van der Waals surface area contributed by atoms with Crippen molar-refractivity contribution < 1.29 is 9.45 Å². The molecule has 0 aromatic carbocycles. The number of rotatable bonds is 4. The average Bonchev–Trinajstić information content (AvgIpc) is 3.19. The van der Waals surface area contributed by atoms with Gasteiger partial charge in [0.1, 0.15) is 0 Å². The molecule has 1 aliphatic heterocycles. The molecule has 0 saturated carbocycles. The molecule has 4 rings (SSSR count). The van der Waals surface area contributed by atoms with Crippen molar-refractivity contribution in [2.75, 3.05) is 31.1 Å². The van der Waals surface area contributed by atoms with Crippen molar-refractivity contribution in [3.05, 3.63) is 46.2 Å². The van der Waals surface area contributed by atoms with Crippen LogP contribution >= 0.6 is 0 Å². The highest BCUT2D eigenvalue weighted by atomic mass is 16.6. The van der Waals surface area contributed by atoms with Crippen LogP contribution in [0.3, 0.4) is 0 Å². The molecule has 3 aromatic heterocycles. The second-order valence-corrected chi connectivity index (χ2v) is 5.94. The molecule has 0 bridgehead atoms. The number of nitro groups is 1. The van der Waals surface area contributed by atoms with Gasteiger partial charge >= 0.3 is 5.82 Å². The molecule has 0 spiro atoms. The molecule has 10 heteroatoms. The van der Waals surface area contributed by atoms with Gasteiger partial charge in [-0.15, -0.1) is 0 Å². The van der Waals surface area contributed by atoms with E-state index in [1.54, 1.807) is 25.3 Å². The molecule has 0 radical (unpaired) electrons. The van der Waals surface area contributed by atoms with Crippen molar-refractivity contribution in [2.45, 2.75) is 13.5 Å². The van der Waals surface area contributed by atoms with Crippen LogP contribution in [0.5, 0.6) is 0 Å². The van der Waals surface area contributed by atoms with Crippen molar-refractivity contribution in [1.29, 1.82) is 0 Å². The van der Waals surface area contributed by atoms with Gasteiger partial charge < -0.3 is 19.5 Å². The molecule has 0 aliphatic carbocycles. The van der Waals surface area contributed by atoms with Gasteiger partial charge in [0.05, 0.1) is 12.7 Å². The lowest BCUT2D eigenvalue weighted by Crippen LogP contribution is -2.46. The van der Waals surface area contributed by atoms with Crippen LogP contribution in [0, 0.1) is 17.0 Å². The maximum atomic E-state index is 11.5. The van der Waals surface area contributed by atoms with E-state index in [2.05, 4.69) is 20.0 Å². The molecule has 0 unspecified atom stereocenters. The van der Waals surface area contributed by atoms with Gasteiger partial charge in [0.25, 0.3) is 0 Å². The van der Waals surface area contributed by atoms with Crippen LogP contribution in [0.2, 0.25) is 0 Å². The normalized spacial score (nSPS) is 15.8. The molecule has 1 fully saturated rings. The first-order valence-electron chi connectivity index (χ1n) is 8.00. The summed E-state index contributed by atoms with van der Waals surface area (Å²) >= 11 is 0. The number of hydrogen-bond donors (Lipinski definition) is 0. The Morgan fingerprint density at radius 3 is 2.72 bits per heavy atom. The number of pyridine rings is 1. The van der Waals surface area contributed by atoms with Crippen LogP contribution in [0.15, 0.2) is 28.9 Å². The SMILES string of the molecule is Cc1nc(CN2CCN(c3nc4ccccn4c3[N+](=O)[O-])CC2)no1. The minimum atomic E-state index is -0.371. The van der Waals surface area contributed by atoms with Crippen molar-refractivity contribution in [3.8, 4) is 0 Å². The molecular weight excluding hydrogens is 326 g/mol. The van der Waals surface area contributed by atoms with Gasteiger partial charge in [-0.05, 0) is 11.0 Å². The molecule has 1 aliphatic rings. The molecule has 3 aromatic rings. The molecule has 130 valence electrons. The number of nitrogens with zero attached hydrogens (tertiary/aromatic N) is 7. The van der Waals surface area contributed by atoms with Gasteiger partial charge in [0.15, 0.2) is 5.82 Å². The summed E-state index contributed by atoms with van der Waals surface area (Å²) in [5.74, 6) is 1.64. The Morgan fingerprint density at radius 2 is 2.04 bits per heavy atom. The smallest absolute Gasteiger partial charge is 0.358 e. The van der Waals surface area contributed by atoms with Gasteiger partial charge in [0.2, 0.25) is 17.4 Å². The molecule has 1 saturated heterocycles. The Kier molecular flexibility index (Phi) is 3.80. The minimum Gasteiger partial charge on any atom is -0.358 e. The Bertz CT molecular complexity index is 911. The van der Waals surface area contributed by atoms with Crippen molar-refractivity contribution >= 4 is 17.3 Å². The quantitative estimate of drug-likeness (QED) is 0.515. The first-order chi connectivity index (χ1) is 12.1. The van der Waals surface area contributed by atoms with E-state index in [0.717, 1.165) is 13.1 Å². The second-order valence-electron chi connectivity index (χ2n) is 5.94. The lowest BCUT2D eigenvalue weighted by Gasteiger charge is -2.33. The predicted octanol–water partition coefficient (Wildman–Crippen LogP) is 1.26. The number of fused-ring (bicyclic) bond motifs is 1. The van der Waals surface area contributed by atoms with Crippen LogP contribution in [0.1, 0.15) is 11.7 Å². The van der Waals surface area contributed by atoms with Crippen LogP contribution in [-0.2, 0) is 6.54 Å². The highest BCUT2D eigenvalue weighted by molar-refractivity contribution is 5.63. The molecule has 25 heavy (non-hydrogen) atoms. The van der Waals surface area contributed by atoms with Crippen LogP contribution in [-0.4, -0.2) is 55.5 Å². The van der Waals surface area contributed by atoms with E-state index in [9.17, 15) is 10.1 Å². The van der Waals surface area contributed by atoms with Crippen LogP contribution < -0.4 is 4.90 Å². The monoisotopic (exact) mass is 343 g/mol. The summed E-state index contributed by atoms with van der Waals surface area (Å²) in [5, 5.41) is 15.4. The third-order valence-electron chi connectivity index (χ3n) is 4.27. The third-order valence-corrected chi connectivity index (χ3v) is 4.27. The maximum Gasteiger partial charge on any atom is 0.372 e.